The Labute approximate surface area is 511 Å². The van der Waals surface area contributed by atoms with E-state index in [1.54, 1.807) is 0 Å². The minimum absolute atomic E-state index is 0.123. The molecule has 12 heteroatoms. The van der Waals surface area contributed by atoms with Gasteiger partial charge in [-0.2, -0.15) is 5.26 Å². The lowest BCUT2D eigenvalue weighted by molar-refractivity contribution is 0.271. The molecule has 0 radical (unpaired) electrons. The normalized spacial score (nSPS) is 13.0. The number of fused-ring (bicyclic) bond motifs is 1. The Kier molecular flexibility index (Phi) is 14.6. The molecule has 2 aliphatic heterocycles. The molecule has 0 bridgehead atoms. The molecule has 0 aliphatic carbocycles. The minimum Gasteiger partial charge on any atom is -0.493 e. The Morgan fingerprint density at radius 2 is 0.841 bits per heavy atom. The van der Waals surface area contributed by atoms with Crippen molar-refractivity contribution in [3.8, 4) is 51.6 Å². The van der Waals surface area contributed by atoms with Gasteiger partial charge < -0.3 is 27.9 Å². The van der Waals surface area contributed by atoms with Crippen LogP contribution in [0.2, 0.25) is 0 Å². The van der Waals surface area contributed by atoms with Gasteiger partial charge in [0.2, 0.25) is 11.8 Å². The quantitative estimate of drug-likeness (QED) is 0.0709. The summed E-state index contributed by atoms with van der Waals surface area (Å²) in [6.07, 6.45) is 0. The molecule has 12 aromatic rings. The smallest absolute Gasteiger partial charge is 0.328 e. The summed E-state index contributed by atoms with van der Waals surface area (Å²) < 4.78 is 31.6. The predicted octanol–water partition coefficient (Wildman–Crippen LogP) is 13.4. The molecule has 4 heterocycles. The molecule has 0 saturated heterocycles. The van der Waals surface area contributed by atoms with Gasteiger partial charge in [-0.1, -0.05) is 219 Å². The molecule has 14 rings (SSSR count). The summed E-state index contributed by atoms with van der Waals surface area (Å²) >= 11 is 0. The largest absolute Gasteiger partial charge is 0.493 e. The van der Waals surface area contributed by atoms with Crippen molar-refractivity contribution in [2.24, 2.45) is 21.8 Å². The highest BCUT2D eigenvalue weighted by Gasteiger charge is 2.39. The molecule has 0 fully saturated rings. The lowest BCUT2D eigenvalue weighted by Gasteiger charge is -2.25. The van der Waals surface area contributed by atoms with Crippen LogP contribution < -0.4 is 51.5 Å². The van der Waals surface area contributed by atoms with Gasteiger partial charge in [0.1, 0.15) is 34.6 Å². The number of benzene rings is 10. The number of nitrogens with zero attached hydrogens (tertiary/aromatic N) is 6. The molecule has 0 spiro atoms. The second-order valence-corrected chi connectivity index (χ2v) is 23.0. The maximum Gasteiger partial charge on any atom is 0.328 e. The van der Waals surface area contributed by atoms with Crippen molar-refractivity contribution in [1.82, 2.24) is 8.96 Å². The molecule has 0 atom stereocenters. The average molecular weight is 1140 g/mol. The maximum absolute atomic E-state index is 12.6. The van der Waals surface area contributed by atoms with E-state index in [1.165, 1.54) is 0 Å². The second-order valence-electron chi connectivity index (χ2n) is 23.0. The summed E-state index contributed by atoms with van der Waals surface area (Å²) in [5.41, 5.74) is 8.43. The van der Waals surface area contributed by atoms with Gasteiger partial charge in [-0.25, -0.2) is 14.8 Å². The van der Waals surface area contributed by atoms with Crippen molar-refractivity contribution in [2.75, 3.05) is 13.2 Å². The zero-order valence-corrected chi connectivity index (χ0v) is 49.1. The Bertz CT molecular complexity index is 4530. The van der Waals surface area contributed by atoms with Crippen molar-refractivity contribution in [1.29, 1.82) is 5.26 Å². The fraction of sp³-hybridized carbons (Fsp3) is 0.105. The highest BCUT2D eigenvalue weighted by molar-refractivity contribution is 6.85. The van der Waals surface area contributed by atoms with Gasteiger partial charge in [-0.15, -0.1) is 0 Å². The van der Waals surface area contributed by atoms with Crippen LogP contribution in [0.4, 0.5) is 11.4 Å². The third kappa shape index (κ3) is 9.94. The van der Waals surface area contributed by atoms with E-state index < -0.39 is 13.7 Å². The zero-order valence-electron chi connectivity index (χ0n) is 49.1. The molecule has 0 unspecified atom stereocenters. The Hall–Kier alpha value is -11.1. The number of hydrogen-bond donors (Lipinski definition) is 0. The first kappa shape index (κ1) is 54.8. The fourth-order valence-corrected chi connectivity index (χ4v) is 12.4. The van der Waals surface area contributed by atoms with Gasteiger partial charge >= 0.3 is 13.7 Å². The summed E-state index contributed by atoms with van der Waals surface area (Å²) in [6.45, 7) is 18.1. The predicted molar refractivity (Wildman–Crippen MR) is 360 cm³/mol. The van der Waals surface area contributed by atoms with Crippen LogP contribution in [0, 0.1) is 29.7 Å². The summed E-state index contributed by atoms with van der Waals surface area (Å²) in [5, 5.41) is 18.6. The monoisotopic (exact) mass is 1140 g/mol. The first-order valence-corrected chi connectivity index (χ1v) is 29.8. The number of nitriles is 1. The lowest BCUT2D eigenvalue weighted by Crippen LogP contribution is -2.54. The number of rotatable bonds is 16. The Morgan fingerprint density at radius 3 is 1.24 bits per heavy atom. The van der Waals surface area contributed by atoms with Gasteiger partial charge in [0.05, 0.1) is 52.6 Å². The SMILES string of the molecule is [C-]#[N+]/C(C1=Nc2cccc3cccc(c23)O1)=c1\c2c(-c3ccc(OCC(C)C)cc3)n(B(c3ccccc3)c3ccccc3)/c(=C(/C#N)C3=Nc4cccc5cccc(c45)O3)c2c(-c2ccc(OCC(C)C)cc2)n1B(c1ccccc1)c1ccccc1. The van der Waals surface area contributed by atoms with Gasteiger partial charge in [0.15, 0.2) is 0 Å². The summed E-state index contributed by atoms with van der Waals surface area (Å²) in [7, 11) is 0. The van der Waals surface area contributed by atoms with Crippen molar-refractivity contribution in [2.45, 2.75) is 27.7 Å². The third-order valence-corrected chi connectivity index (χ3v) is 16.2. The van der Waals surface area contributed by atoms with Crippen molar-refractivity contribution >= 4 is 102 Å². The van der Waals surface area contributed by atoms with Crippen LogP contribution in [0.1, 0.15) is 27.7 Å². The Balaban J connectivity index is 1.28. The first-order valence-electron chi connectivity index (χ1n) is 29.8. The van der Waals surface area contributed by atoms with Crippen molar-refractivity contribution in [3.05, 3.63) is 265 Å². The maximum atomic E-state index is 12.6. The molecule has 0 amide bonds. The molecular formula is C76H58B2N6O4. The van der Waals surface area contributed by atoms with Gasteiger partial charge in [-0.3, -0.25) is 0 Å². The van der Waals surface area contributed by atoms with Gasteiger partial charge in [-0.05, 0) is 107 Å². The highest BCUT2D eigenvalue weighted by atomic mass is 16.5. The van der Waals surface area contributed by atoms with Crippen LogP contribution in [0.15, 0.2) is 253 Å². The zero-order chi connectivity index (χ0) is 59.8. The first-order chi connectivity index (χ1) is 43.2. The van der Waals surface area contributed by atoms with E-state index in [1.807, 2.05) is 121 Å². The number of ether oxygens (including phenoxy) is 4. The number of aromatic nitrogens is 2. The van der Waals surface area contributed by atoms with Crippen LogP contribution in [0.3, 0.4) is 0 Å². The van der Waals surface area contributed by atoms with Gasteiger partial charge in [0.25, 0.3) is 5.70 Å². The minimum atomic E-state index is -0.621. The van der Waals surface area contributed by atoms with E-state index in [4.69, 9.17) is 28.9 Å². The van der Waals surface area contributed by atoms with Crippen LogP contribution >= 0.6 is 0 Å². The summed E-state index contributed by atoms with van der Waals surface area (Å²) in [6, 6.07) is 84.6. The van der Waals surface area contributed by atoms with Crippen molar-refractivity contribution in [3.63, 3.8) is 0 Å². The molecule has 10 aromatic carbocycles. The summed E-state index contributed by atoms with van der Waals surface area (Å²) in [5.74, 6) is 3.38. The lowest BCUT2D eigenvalue weighted by atomic mass is 9.50. The topological polar surface area (TPSA) is 99.7 Å². The number of hydrogen-bond acceptors (Lipinski definition) is 7. The van der Waals surface area contributed by atoms with Crippen molar-refractivity contribution < 1.29 is 18.9 Å². The van der Waals surface area contributed by atoms with Gasteiger partial charge in [0, 0.05) is 22.2 Å². The van der Waals surface area contributed by atoms with E-state index in [0.717, 1.165) is 54.5 Å². The van der Waals surface area contributed by atoms with Crippen LogP contribution in [-0.4, -0.2) is 47.7 Å². The van der Waals surface area contributed by atoms with Crippen LogP contribution in [-0.2, 0) is 0 Å². The van der Waals surface area contributed by atoms with E-state index in [-0.39, 0.29) is 34.9 Å². The highest BCUT2D eigenvalue weighted by Crippen LogP contribution is 2.42. The van der Waals surface area contributed by atoms with Crippen LogP contribution in [0.25, 0.3) is 70.9 Å². The molecule has 88 heavy (non-hydrogen) atoms. The summed E-state index contributed by atoms with van der Waals surface area (Å²) in [4.78, 5) is 15.4. The molecule has 422 valence electrons. The molecule has 2 aromatic heterocycles. The Morgan fingerprint density at radius 1 is 0.466 bits per heavy atom. The molecular weight excluding hydrogens is 1080 g/mol. The van der Waals surface area contributed by atoms with E-state index in [2.05, 4.69) is 169 Å². The third-order valence-electron chi connectivity index (χ3n) is 16.2. The molecule has 10 nitrogen and oxygen atoms in total. The van der Waals surface area contributed by atoms with Crippen LogP contribution in [0.5, 0.6) is 23.0 Å². The van der Waals surface area contributed by atoms with E-state index in [9.17, 15) is 11.8 Å². The molecule has 2 aliphatic rings. The second kappa shape index (κ2) is 23.4. The molecule has 0 N–H and O–H groups in total. The van der Waals surface area contributed by atoms with E-state index >= 15 is 0 Å². The standard InChI is InChI=1S/C76H58B2N6O4/c1-49(2)47-85-59-42-38-53(39-43-59)71-68-69(74(84(71)78(57-30-14-8-15-31-57)58-32-16-9-17-33-58)70(80-5)76-82-63-35-19-23-52-25-21-37-65(88-76)67(52)63)72(54-40-44-60(45-41-54)86-48-50(3)4)83(77(55-26-10-6-11-27-55)56-28-12-7-13-29-56)73(68)61(46-79)75-81-62-34-18-22-51-24-20-36-64(87-75)66(51)62/h6-45,49-50H,47-48H2,1-4H3/b73-61-,74-70+. The number of aliphatic imine (C=N–C) groups is 2. The molecule has 0 saturated carbocycles. The average Bonchev–Trinajstić information content (AvgIpc) is 1.55. The fourth-order valence-electron chi connectivity index (χ4n) is 12.4. The van der Waals surface area contributed by atoms with E-state index in [0.29, 0.717) is 80.4 Å².